The summed E-state index contributed by atoms with van der Waals surface area (Å²) in [6.45, 7) is 2.11. The third kappa shape index (κ3) is 4.29. The van der Waals surface area contributed by atoms with Crippen LogP contribution in [-0.2, 0) is 4.79 Å². The summed E-state index contributed by atoms with van der Waals surface area (Å²) in [5.41, 5.74) is 2.15. The molecule has 0 saturated heterocycles. The molecular weight excluding hydrogens is 316 g/mol. The minimum atomic E-state index is -0.00658. The van der Waals surface area contributed by atoms with E-state index >= 15 is 0 Å². The molecule has 0 aliphatic heterocycles. The summed E-state index contributed by atoms with van der Waals surface area (Å²) in [4.78, 5) is 20.6. The summed E-state index contributed by atoms with van der Waals surface area (Å²) in [6, 6.07) is 11.1. The van der Waals surface area contributed by atoms with E-state index in [2.05, 4.69) is 27.4 Å². The number of hydrogen-bond donors (Lipinski definition) is 1. The van der Waals surface area contributed by atoms with Gasteiger partial charge < -0.3 is 9.84 Å². The van der Waals surface area contributed by atoms with Gasteiger partial charge in [0.05, 0.1) is 11.3 Å². The number of nitrogens with one attached hydrogen (secondary N) is 1. The lowest BCUT2D eigenvalue weighted by atomic mass is 10.1. The first-order valence-electron chi connectivity index (χ1n) is 8.41. The molecule has 0 atom stereocenters. The van der Waals surface area contributed by atoms with Gasteiger partial charge in [-0.3, -0.25) is 9.78 Å². The minimum Gasteiger partial charge on any atom is -0.334 e. The third-order valence-corrected chi connectivity index (χ3v) is 3.78. The molecule has 6 nitrogen and oxygen atoms in total. The van der Waals surface area contributed by atoms with Crippen LogP contribution in [0.25, 0.3) is 22.8 Å². The van der Waals surface area contributed by atoms with Gasteiger partial charge in [-0.1, -0.05) is 37.1 Å². The monoisotopic (exact) mass is 336 g/mol. The standard InChI is InChI=1S/C19H20N4O2/c1-2-3-4-11-17(24)21-16-10-6-5-9-15(16)19-22-18(23-25-19)14-8-7-12-20-13-14/h5-10,12-13H,2-4,11H2,1H3,(H,21,24). The van der Waals surface area contributed by atoms with Crippen molar-refractivity contribution in [3.8, 4) is 22.8 Å². The molecule has 3 aromatic rings. The van der Waals surface area contributed by atoms with Crippen molar-refractivity contribution in [1.29, 1.82) is 0 Å². The maximum absolute atomic E-state index is 12.1. The average molecular weight is 336 g/mol. The second-order valence-corrected chi connectivity index (χ2v) is 5.72. The fourth-order valence-corrected chi connectivity index (χ4v) is 2.47. The Balaban J connectivity index is 1.79. The maximum Gasteiger partial charge on any atom is 0.260 e. The van der Waals surface area contributed by atoms with E-state index in [-0.39, 0.29) is 5.91 Å². The first-order chi connectivity index (χ1) is 12.3. The van der Waals surface area contributed by atoms with Crippen molar-refractivity contribution in [3.63, 3.8) is 0 Å². The molecule has 128 valence electrons. The van der Waals surface area contributed by atoms with Crippen molar-refractivity contribution in [2.75, 3.05) is 5.32 Å². The molecule has 0 aliphatic carbocycles. The lowest BCUT2D eigenvalue weighted by molar-refractivity contribution is -0.116. The van der Waals surface area contributed by atoms with Gasteiger partial charge in [-0.25, -0.2) is 0 Å². The number of pyridine rings is 1. The maximum atomic E-state index is 12.1. The van der Waals surface area contributed by atoms with Crippen LogP contribution in [0.1, 0.15) is 32.6 Å². The van der Waals surface area contributed by atoms with Crippen LogP contribution in [0.3, 0.4) is 0 Å². The number of nitrogens with zero attached hydrogens (tertiary/aromatic N) is 3. The van der Waals surface area contributed by atoms with E-state index in [1.165, 1.54) is 0 Å². The summed E-state index contributed by atoms with van der Waals surface area (Å²) in [7, 11) is 0. The molecule has 0 bridgehead atoms. The average Bonchev–Trinajstić information content (AvgIpc) is 3.13. The van der Waals surface area contributed by atoms with Gasteiger partial charge in [-0.2, -0.15) is 4.98 Å². The molecule has 6 heteroatoms. The fraction of sp³-hybridized carbons (Fsp3) is 0.263. The zero-order valence-electron chi connectivity index (χ0n) is 14.1. The Morgan fingerprint density at radius 3 is 2.84 bits per heavy atom. The zero-order chi connectivity index (χ0) is 17.5. The molecule has 25 heavy (non-hydrogen) atoms. The van der Waals surface area contributed by atoms with Crippen LogP contribution >= 0.6 is 0 Å². The first kappa shape index (κ1) is 16.8. The number of hydrogen-bond acceptors (Lipinski definition) is 5. The normalized spacial score (nSPS) is 10.6. The Labute approximate surface area is 146 Å². The molecule has 0 spiro atoms. The van der Waals surface area contributed by atoms with Crippen molar-refractivity contribution in [2.24, 2.45) is 0 Å². The number of aromatic nitrogens is 3. The highest BCUT2D eigenvalue weighted by atomic mass is 16.5. The minimum absolute atomic E-state index is 0.00658. The number of unbranched alkanes of at least 4 members (excludes halogenated alkanes) is 2. The second kappa shape index (κ2) is 8.19. The Bertz CT molecular complexity index is 830. The molecule has 1 N–H and O–H groups in total. The predicted octanol–water partition coefficient (Wildman–Crippen LogP) is 4.32. The molecular formula is C19H20N4O2. The van der Waals surface area contributed by atoms with Crippen molar-refractivity contribution in [3.05, 3.63) is 48.8 Å². The summed E-state index contributed by atoms with van der Waals surface area (Å²) in [5, 5.41) is 6.94. The summed E-state index contributed by atoms with van der Waals surface area (Å²) in [6.07, 6.45) is 6.89. The largest absolute Gasteiger partial charge is 0.334 e. The molecule has 0 fully saturated rings. The third-order valence-electron chi connectivity index (χ3n) is 3.78. The summed E-state index contributed by atoms with van der Waals surface area (Å²) in [5.74, 6) is 0.823. The van der Waals surface area contributed by atoms with Crippen LogP contribution in [0.4, 0.5) is 5.69 Å². The summed E-state index contributed by atoms with van der Waals surface area (Å²) >= 11 is 0. The highest BCUT2D eigenvalue weighted by Gasteiger charge is 2.15. The first-order valence-corrected chi connectivity index (χ1v) is 8.41. The molecule has 2 aromatic heterocycles. The Morgan fingerprint density at radius 2 is 2.04 bits per heavy atom. The highest BCUT2D eigenvalue weighted by Crippen LogP contribution is 2.28. The number of carbonyl (C=O) groups excluding carboxylic acids is 1. The zero-order valence-corrected chi connectivity index (χ0v) is 14.1. The van der Waals surface area contributed by atoms with E-state index in [0.717, 1.165) is 24.8 Å². The molecule has 3 rings (SSSR count). The smallest absolute Gasteiger partial charge is 0.260 e. The number of carbonyl (C=O) groups is 1. The van der Waals surface area contributed by atoms with Gasteiger partial charge in [0.1, 0.15) is 0 Å². The predicted molar refractivity (Wildman–Crippen MR) is 95.7 cm³/mol. The summed E-state index contributed by atoms with van der Waals surface area (Å²) < 4.78 is 5.39. The Morgan fingerprint density at radius 1 is 1.16 bits per heavy atom. The number of amides is 1. The topological polar surface area (TPSA) is 80.9 Å². The second-order valence-electron chi connectivity index (χ2n) is 5.72. The van der Waals surface area contributed by atoms with Crippen molar-refractivity contribution in [2.45, 2.75) is 32.6 Å². The van der Waals surface area contributed by atoms with Gasteiger partial charge in [-0.15, -0.1) is 0 Å². The SMILES string of the molecule is CCCCCC(=O)Nc1ccccc1-c1nc(-c2cccnc2)no1. The number of anilines is 1. The van der Waals surface area contributed by atoms with Crippen molar-refractivity contribution >= 4 is 11.6 Å². The van der Waals surface area contributed by atoms with E-state index in [9.17, 15) is 4.79 Å². The van der Waals surface area contributed by atoms with Crippen LogP contribution in [0.5, 0.6) is 0 Å². The van der Waals surface area contributed by atoms with E-state index in [4.69, 9.17) is 4.52 Å². The van der Waals surface area contributed by atoms with E-state index < -0.39 is 0 Å². The van der Waals surface area contributed by atoms with E-state index in [1.807, 2.05) is 36.4 Å². The van der Waals surface area contributed by atoms with Crippen LogP contribution in [0, 0.1) is 0 Å². The van der Waals surface area contributed by atoms with E-state index in [0.29, 0.717) is 29.4 Å². The molecule has 1 aromatic carbocycles. The van der Waals surface area contributed by atoms with E-state index in [1.54, 1.807) is 12.4 Å². The molecule has 2 heterocycles. The number of rotatable bonds is 7. The number of benzene rings is 1. The van der Waals surface area contributed by atoms with Crippen LogP contribution in [0.2, 0.25) is 0 Å². The molecule has 0 radical (unpaired) electrons. The van der Waals surface area contributed by atoms with Gasteiger partial charge in [0.2, 0.25) is 11.7 Å². The quantitative estimate of drug-likeness (QED) is 0.650. The Hall–Kier alpha value is -3.02. The van der Waals surface area contributed by atoms with Gasteiger partial charge in [0.15, 0.2) is 0 Å². The van der Waals surface area contributed by atoms with Gasteiger partial charge in [-0.05, 0) is 30.7 Å². The van der Waals surface area contributed by atoms with Crippen LogP contribution in [0.15, 0.2) is 53.3 Å². The fourth-order valence-electron chi connectivity index (χ4n) is 2.47. The Kier molecular flexibility index (Phi) is 5.51. The van der Waals surface area contributed by atoms with Crippen molar-refractivity contribution < 1.29 is 9.32 Å². The highest BCUT2D eigenvalue weighted by molar-refractivity contribution is 5.94. The van der Waals surface area contributed by atoms with Gasteiger partial charge in [0, 0.05) is 24.4 Å². The number of para-hydroxylation sites is 1. The van der Waals surface area contributed by atoms with Crippen molar-refractivity contribution in [1.82, 2.24) is 15.1 Å². The van der Waals surface area contributed by atoms with Gasteiger partial charge in [0.25, 0.3) is 5.89 Å². The lowest BCUT2D eigenvalue weighted by Crippen LogP contribution is -2.11. The molecule has 0 saturated carbocycles. The molecule has 1 amide bonds. The van der Waals surface area contributed by atoms with Crippen LogP contribution < -0.4 is 5.32 Å². The van der Waals surface area contributed by atoms with Crippen LogP contribution in [-0.4, -0.2) is 21.0 Å². The molecule has 0 unspecified atom stereocenters. The van der Waals surface area contributed by atoms with Gasteiger partial charge >= 0.3 is 0 Å². The molecule has 0 aliphatic rings. The lowest BCUT2D eigenvalue weighted by Gasteiger charge is -2.08.